The molecule has 0 heterocycles. The van der Waals surface area contributed by atoms with Crippen molar-refractivity contribution in [3.63, 3.8) is 0 Å². The molecule has 0 radical (unpaired) electrons. The maximum atomic E-state index is 11.0. The number of hydrogen-bond donors (Lipinski definition) is 0. The number of aliphatic imine (C=N–C) groups is 1. The molecule has 0 amide bonds. The Morgan fingerprint density at radius 1 is 1.43 bits per heavy atom. The van der Waals surface area contributed by atoms with Crippen LogP contribution in [0, 0.1) is 12.8 Å². The average Bonchev–Trinajstić information content (AvgIpc) is 2.49. The van der Waals surface area contributed by atoms with Crippen molar-refractivity contribution >= 4 is 28.8 Å². The van der Waals surface area contributed by atoms with Gasteiger partial charge in [-0.3, -0.25) is 0 Å². The summed E-state index contributed by atoms with van der Waals surface area (Å²) in [5.74, 6) is 1.50. The summed E-state index contributed by atoms with van der Waals surface area (Å²) in [5.41, 5.74) is 1.82. The molecule has 0 N–H and O–H groups in total. The van der Waals surface area contributed by atoms with Crippen molar-refractivity contribution in [1.29, 1.82) is 0 Å². The average molecular weight is 309 g/mol. The van der Waals surface area contributed by atoms with E-state index in [1.807, 2.05) is 32.0 Å². The lowest BCUT2D eigenvalue weighted by Crippen LogP contribution is -2.09. The van der Waals surface area contributed by atoms with Crippen molar-refractivity contribution in [3.05, 3.63) is 23.8 Å². The topological polar surface area (TPSA) is 47.9 Å². The monoisotopic (exact) mass is 309 g/mol. The Morgan fingerprint density at radius 3 is 2.81 bits per heavy atom. The predicted molar refractivity (Wildman–Crippen MR) is 89.0 cm³/mol. The summed E-state index contributed by atoms with van der Waals surface area (Å²) in [7, 11) is 1.64. The number of nitrogens with zero attached hydrogens (tertiary/aromatic N) is 1. The molecule has 0 saturated heterocycles. The van der Waals surface area contributed by atoms with Crippen LogP contribution in [0.2, 0.25) is 0 Å². The van der Waals surface area contributed by atoms with E-state index in [0.717, 1.165) is 34.1 Å². The van der Waals surface area contributed by atoms with Gasteiger partial charge in [-0.25, -0.2) is 4.99 Å². The third-order valence-corrected chi connectivity index (χ3v) is 3.96. The quantitative estimate of drug-likeness (QED) is 0.318. The molecule has 1 aromatic rings. The van der Waals surface area contributed by atoms with Gasteiger partial charge in [-0.15, -0.1) is 11.8 Å². The first-order chi connectivity index (χ1) is 10.1. The minimum Gasteiger partial charge on any atom is -0.491 e. The lowest BCUT2D eigenvalue weighted by molar-refractivity contribution is -0.109. The highest BCUT2D eigenvalue weighted by Crippen LogP contribution is 2.29. The fraction of sp³-hybridized carbons (Fsp3) is 0.500. The molecule has 0 fully saturated rings. The summed E-state index contributed by atoms with van der Waals surface area (Å²) in [4.78, 5) is 15.6. The highest BCUT2D eigenvalue weighted by molar-refractivity contribution is 8.14. The van der Waals surface area contributed by atoms with Gasteiger partial charge in [0.15, 0.2) is 0 Å². The second-order valence-electron chi connectivity index (χ2n) is 4.55. The highest BCUT2D eigenvalue weighted by atomic mass is 32.2. The van der Waals surface area contributed by atoms with Crippen LogP contribution in [0.5, 0.6) is 5.75 Å². The molecule has 116 valence electrons. The summed E-state index contributed by atoms with van der Waals surface area (Å²) >= 11 is 1.60. The summed E-state index contributed by atoms with van der Waals surface area (Å²) in [6, 6.07) is 5.76. The molecule has 5 heteroatoms. The smallest absolute Gasteiger partial charge is 0.129 e. The standard InChI is InChI=1S/C16H23NO3S/c1-5-21-16(12(2)11-18)17-14-7-6-8-15(13(14)3)20-10-9-19-4/h6-8,11-12H,5,9-10H2,1-4H3. The Balaban J connectivity index is 3.00. The van der Waals surface area contributed by atoms with E-state index >= 15 is 0 Å². The van der Waals surface area contributed by atoms with Crippen molar-refractivity contribution in [2.75, 3.05) is 26.1 Å². The van der Waals surface area contributed by atoms with Crippen molar-refractivity contribution in [3.8, 4) is 5.75 Å². The van der Waals surface area contributed by atoms with Gasteiger partial charge in [0.25, 0.3) is 0 Å². The minimum atomic E-state index is -0.188. The molecule has 0 aliphatic carbocycles. The van der Waals surface area contributed by atoms with E-state index in [0.29, 0.717) is 13.2 Å². The van der Waals surface area contributed by atoms with E-state index < -0.39 is 0 Å². The zero-order chi connectivity index (χ0) is 15.7. The molecule has 1 unspecified atom stereocenters. The first-order valence-electron chi connectivity index (χ1n) is 7.02. The van der Waals surface area contributed by atoms with Crippen molar-refractivity contribution in [1.82, 2.24) is 0 Å². The molecule has 0 saturated carbocycles. The van der Waals surface area contributed by atoms with Crippen LogP contribution in [0.1, 0.15) is 19.4 Å². The maximum absolute atomic E-state index is 11.0. The number of ether oxygens (including phenoxy) is 2. The number of carbonyl (C=O) groups excluding carboxylic acids is 1. The Morgan fingerprint density at radius 2 is 2.19 bits per heavy atom. The number of carbonyl (C=O) groups is 1. The predicted octanol–water partition coefficient (Wildman–Crippen LogP) is 3.64. The Kier molecular flexibility index (Phi) is 8.08. The van der Waals surface area contributed by atoms with E-state index in [1.54, 1.807) is 18.9 Å². The number of hydrogen-bond acceptors (Lipinski definition) is 5. The van der Waals surface area contributed by atoms with Gasteiger partial charge in [-0.2, -0.15) is 0 Å². The van der Waals surface area contributed by atoms with Crippen LogP contribution in [0.4, 0.5) is 5.69 Å². The van der Waals surface area contributed by atoms with Crippen LogP contribution in [-0.4, -0.2) is 37.4 Å². The maximum Gasteiger partial charge on any atom is 0.129 e. The molecule has 0 aliphatic rings. The van der Waals surface area contributed by atoms with Gasteiger partial charge in [-0.05, 0) is 31.7 Å². The van der Waals surface area contributed by atoms with Gasteiger partial charge in [0, 0.05) is 12.7 Å². The molecule has 4 nitrogen and oxygen atoms in total. The molecular formula is C16H23NO3S. The van der Waals surface area contributed by atoms with E-state index in [1.165, 1.54) is 0 Å². The van der Waals surface area contributed by atoms with Crippen LogP contribution < -0.4 is 4.74 Å². The van der Waals surface area contributed by atoms with Crippen LogP contribution in [-0.2, 0) is 9.53 Å². The fourth-order valence-corrected chi connectivity index (χ4v) is 2.48. The number of benzene rings is 1. The van der Waals surface area contributed by atoms with E-state index in [4.69, 9.17) is 9.47 Å². The number of thioether (sulfide) groups is 1. The Bertz CT molecular complexity index is 488. The molecule has 1 rings (SSSR count). The van der Waals surface area contributed by atoms with E-state index in [2.05, 4.69) is 11.9 Å². The number of methoxy groups -OCH3 is 1. The second-order valence-corrected chi connectivity index (χ2v) is 5.83. The zero-order valence-electron chi connectivity index (χ0n) is 13.1. The lowest BCUT2D eigenvalue weighted by atomic mass is 10.1. The van der Waals surface area contributed by atoms with Gasteiger partial charge in [0.1, 0.15) is 18.6 Å². The highest BCUT2D eigenvalue weighted by Gasteiger charge is 2.11. The first-order valence-corrected chi connectivity index (χ1v) is 8.00. The normalized spacial score (nSPS) is 13.0. The van der Waals surface area contributed by atoms with Crippen LogP contribution in [0.25, 0.3) is 0 Å². The molecular weight excluding hydrogens is 286 g/mol. The second kappa shape index (κ2) is 9.58. The minimum absolute atomic E-state index is 0.188. The van der Waals surface area contributed by atoms with Gasteiger partial charge in [0.05, 0.1) is 23.3 Å². The summed E-state index contributed by atoms with van der Waals surface area (Å²) in [6.07, 6.45) is 0.926. The van der Waals surface area contributed by atoms with Gasteiger partial charge < -0.3 is 14.3 Å². The summed E-state index contributed by atoms with van der Waals surface area (Å²) < 4.78 is 10.7. The van der Waals surface area contributed by atoms with Crippen LogP contribution in [0.3, 0.4) is 0 Å². The van der Waals surface area contributed by atoms with E-state index in [-0.39, 0.29) is 5.92 Å². The molecule has 0 spiro atoms. The molecule has 1 atom stereocenters. The lowest BCUT2D eigenvalue weighted by Gasteiger charge is -2.12. The molecule has 0 bridgehead atoms. The van der Waals surface area contributed by atoms with Crippen molar-refractivity contribution in [2.45, 2.75) is 20.8 Å². The van der Waals surface area contributed by atoms with E-state index in [9.17, 15) is 4.79 Å². The molecule has 0 aromatic heterocycles. The SMILES string of the molecule is CCSC(=Nc1cccc(OCCOC)c1C)C(C)C=O. The molecule has 21 heavy (non-hydrogen) atoms. The first kappa shape index (κ1) is 17.7. The van der Waals surface area contributed by atoms with Crippen LogP contribution >= 0.6 is 11.8 Å². The number of rotatable bonds is 8. The zero-order valence-corrected chi connectivity index (χ0v) is 13.9. The molecule has 0 aliphatic heterocycles. The Hall–Kier alpha value is -1.33. The van der Waals surface area contributed by atoms with Crippen LogP contribution in [0.15, 0.2) is 23.2 Å². The Labute approximate surface area is 130 Å². The summed E-state index contributed by atoms with van der Waals surface area (Å²) in [6.45, 7) is 6.94. The largest absolute Gasteiger partial charge is 0.491 e. The van der Waals surface area contributed by atoms with Crippen molar-refractivity contribution < 1.29 is 14.3 Å². The van der Waals surface area contributed by atoms with Gasteiger partial charge in [-0.1, -0.05) is 13.0 Å². The van der Waals surface area contributed by atoms with Gasteiger partial charge >= 0.3 is 0 Å². The molecule has 1 aromatic carbocycles. The summed E-state index contributed by atoms with van der Waals surface area (Å²) in [5, 5.41) is 0.838. The van der Waals surface area contributed by atoms with Crippen molar-refractivity contribution in [2.24, 2.45) is 10.9 Å². The fourth-order valence-electron chi connectivity index (χ4n) is 1.71. The van der Waals surface area contributed by atoms with Gasteiger partial charge in [0.2, 0.25) is 0 Å². The third kappa shape index (κ3) is 5.52. The number of aldehydes is 1. The third-order valence-electron chi connectivity index (χ3n) is 2.92.